The molecule has 0 fully saturated rings. The van der Waals surface area contributed by atoms with Crippen molar-refractivity contribution in [2.24, 2.45) is 5.73 Å². The van der Waals surface area contributed by atoms with Crippen LogP contribution in [0.5, 0.6) is 0 Å². The van der Waals surface area contributed by atoms with Crippen LogP contribution in [0.4, 0.5) is 5.69 Å². The summed E-state index contributed by atoms with van der Waals surface area (Å²) in [5, 5.41) is 3.59. The molecule has 4 nitrogen and oxygen atoms in total. The van der Waals surface area contributed by atoms with E-state index in [1.807, 2.05) is 25.1 Å². The molecule has 4 aromatic rings. The summed E-state index contributed by atoms with van der Waals surface area (Å²) < 4.78 is 0. The van der Waals surface area contributed by atoms with Crippen LogP contribution in [0, 0.1) is 6.92 Å². The van der Waals surface area contributed by atoms with Crippen LogP contribution >= 0.6 is 0 Å². The Morgan fingerprint density at radius 1 is 0.955 bits per heavy atom. The number of aromatic amines is 2. The summed E-state index contributed by atoms with van der Waals surface area (Å²) in [4.78, 5) is 6.91. The van der Waals surface area contributed by atoms with Crippen LogP contribution in [-0.4, -0.2) is 9.97 Å². The smallest absolute Gasteiger partial charge is 0.0485 e. The molecule has 0 aliphatic rings. The van der Waals surface area contributed by atoms with Crippen molar-refractivity contribution in [1.29, 1.82) is 0 Å². The molecule has 2 heterocycles. The Hall–Kier alpha value is -2.88. The molecule has 2 aromatic heterocycles. The summed E-state index contributed by atoms with van der Waals surface area (Å²) in [6, 6.07) is 10.4. The van der Waals surface area contributed by atoms with Gasteiger partial charge in [-0.15, -0.1) is 0 Å². The zero-order valence-electron chi connectivity index (χ0n) is 12.6. The molecule has 0 spiro atoms. The molecule has 22 heavy (non-hydrogen) atoms. The van der Waals surface area contributed by atoms with Crippen LogP contribution in [0.3, 0.4) is 0 Å². The lowest BCUT2D eigenvalue weighted by Crippen LogP contribution is -1.90. The molecule has 6 N–H and O–H groups in total. The number of allylic oxidation sites excluding steroid dienone is 1. The van der Waals surface area contributed by atoms with Gasteiger partial charge in [0.15, 0.2) is 0 Å². The molecular weight excluding hydrogens is 272 g/mol. The maximum atomic E-state index is 5.87. The number of benzene rings is 2. The number of hydrogen-bond acceptors (Lipinski definition) is 2. The van der Waals surface area contributed by atoms with Gasteiger partial charge in [-0.1, -0.05) is 6.07 Å². The van der Waals surface area contributed by atoms with E-state index in [2.05, 4.69) is 35.1 Å². The van der Waals surface area contributed by atoms with Gasteiger partial charge in [-0.2, -0.15) is 0 Å². The minimum Gasteiger partial charge on any atom is -0.402 e. The molecule has 4 rings (SSSR count). The van der Waals surface area contributed by atoms with Gasteiger partial charge in [0.05, 0.1) is 0 Å². The molecule has 0 aliphatic carbocycles. The van der Waals surface area contributed by atoms with Crippen molar-refractivity contribution in [3.05, 3.63) is 47.3 Å². The summed E-state index contributed by atoms with van der Waals surface area (Å²) in [5.74, 6) is 0. The van der Waals surface area contributed by atoms with Crippen molar-refractivity contribution in [2.75, 3.05) is 5.73 Å². The van der Waals surface area contributed by atoms with Crippen LogP contribution in [-0.2, 0) is 0 Å². The fourth-order valence-corrected chi connectivity index (χ4v) is 3.14. The Morgan fingerprint density at radius 3 is 2.41 bits per heavy atom. The Bertz CT molecular complexity index is 1060. The van der Waals surface area contributed by atoms with Crippen LogP contribution in [0.1, 0.15) is 18.2 Å². The number of fused-ring (bicyclic) bond motifs is 4. The van der Waals surface area contributed by atoms with E-state index in [9.17, 15) is 0 Å². The first-order chi connectivity index (χ1) is 10.5. The summed E-state index contributed by atoms with van der Waals surface area (Å²) in [6.45, 7) is 4.01. The first-order valence-corrected chi connectivity index (χ1v) is 7.30. The standard InChI is InChI=1S/C18H18N4/c1-9(19)5-15-10(2)13-7-18-14(8-17(13)21-15)12-4-3-11(20)6-16(12)22-18/h3-8,21-22H,19-20H2,1-2H3/b9-5+. The number of anilines is 1. The fraction of sp³-hybridized carbons (Fsp3) is 0.111. The number of nitrogens with two attached hydrogens (primary N) is 2. The van der Waals surface area contributed by atoms with Crippen LogP contribution in [0.2, 0.25) is 0 Å². The van der Waals surface area contributed by atoms with Crippen molar-refractivity contribution in [3.63, 3.8) is 0 Å². The monoisotopic (exact) mass is 290 g/mol. The predicted octanol–water partition coefficient (Wildman–Crippen LogP) is 4.01. The van der Waals surface area contributed by atoms with E-state index in [1.165, 1.54) is 21.7 Å². The number of nitrogen functional groups attached to an aromatic ring is 1. The van der Waals surface area contributed by atoms with Crippen molar-refractivity contribution < 1.29 is 0 Å². The van der Waals surface area contributed by atoms with Gasteiger partial charge >= 0.3 is 0 Å². The largest absolute Gasteiger partial charge is 0.402 e. The molecule has 0 bridgehead atoms. The minimum atomic E-state index is 0.770. The number of nitrogens with one attached hydrogen (secondary N) is 2. The summed E-state index contributed by atoms with van der Waals surface area (Å²) >= 11 is 0. The molecule has 0 atom stereocenters. The molecule has 4 heteroatoms. The second kappa shape index (κ2) is 4.31. The van der Waals surface area contributed by atoms with Gasteiger partial charge in [0, 0.05) is 49.8 Å². The van der Waals surface area contributed by atoms with E-state index in [0.29, 0.717) is 0 Å². The maximum absolute atomic E-state index is 5.87. The van der Waals surface area contributed by atoms with Crippen LogP contribution < -0.4 is 11.5 Å². The van der Waals surface area contributed by atoms with Gasteiger partial charge in [-0.05, 0) is 49.8 Å². The first-order valence-electron chi connectivity index (χ1n) is 7.30. The van der Waals surface area contributed by atoms with E-state index in [1.54, 1.807) is 0 Å². The third kappa shape index (κ3) is 1.77. The van der Waals surface area contributed by atoms with Crippen LogP contribution in [0.15, 0.2) is 36.0 Å². The van der Waals surface area contributed by atoms with Gasteiger partial charge in [0.2, 0.25) is 0 Å². The summed E-state index contributed by atoms with van der Waals surface area (Å²) in [7, 11) is 0. The Morgan fingerprint density at radius 2 is 1.64 bits per heavy atom. The number of hydrogen-bond donors (Lipinski definition) is 4. The number of aryl methyl sites for hydroxylation is 1. The zero-order valence-corrected chi connectivity index (χ0v) is 12.6. The fourth-order valence-electron chi connectivity index (χ4n) is 3.14. The average Bonchev–Trinajstić information content (AvgIpc) is 2.94. The first kappa shape index (κ1) is 12.8. The molecule has 110 valence electrons. The lowest BCUT2D eigenvalue weighted by molar-refractivity contribution is 1.30. The highest BCUT2D eigenvalue weighted by atomic mass is 14.7. The topological polar surface area (TPSA) is 83.6 Å². The van der Waals surface area contributed by atoms with Gasteiger partial charge in [-0.3, -0.25) is 0 Å². The summed E-state index contributed by atoms with van der Waals surface area (Å²) in [5.41, 5.74) is 18.8. The maximum Gasteiger partial charge on any atom is 0.0485 e. The predicted molar refractivity (Wildman–Crippen MR) is 94.6 cm³/mol. The number of H-pyrrole nitrogens is 2. The molecular formula is C18H18N4. The van der Waals surface area contributed by atoms with E-state index in [4.69, 9.17) is 11.5 Å². The third-order valence-corrected chi connectivity index (χ3v) is 4.21. The second-order valence-electron chi connectivity index (χ2n) is 5.93. The molecule has 0 radical (unpaired) electrons. The molecule has 2 aromatic carbocycles. The number of rotatable bonds is 1. The third-order valence-electron chi connectivity index (χ3n) is 4.21. The van der Waals surface area contributed by atoms with Gasteiger partial charge in [0.1, 0.15) is 0 Å². The molecule has 0 amide bonds. The highest BCUT2D eigenvalue weighted by molar-refractivity contribution is 6.12. The quantitative estimate of drug-likeness (QED) is 0.399. The van der Waals surface area contributed by atoms with Gasteiger partial charge in [-0.25, -0.2) is 0 Å². The summed E-state index contributed by atoms with van der Waals surface area (Å²) in [6.07, 6.45) is 1.97. The van der Waals surface area contributed by atoms with E-state index in [0.717, 1.165) is 33.6 Å². The second-order valence-corrected chi connectivity index (χ2v) is 5.93. The van der Waals surface area contributed by atoms with E-state index in [-0.39, 0.29) is 0 Å². The molecule has 0 saturated carbocycles. The van der Waals surface area contributed by atoms with Crippen molar-refractivity contribution >= 4 is 44.5 Å². The highest BCUT2D eigenvalue weighted by Gasteiger charge is 2.11. The number of aromatic nitrogens is 2. The lowest BCUT2D eigenvalue weighted by atomic mass is 10.1. The van der Waals surface area contributed by atoms with Gasteiger partial charge < -0.3 is 21.4 Å². The van der Waals surface area contributed by atoms with E-state index >= 15 is 0 Å². The molecule has 0 saturated heterocycles. The van der Waals surface area contributed by atoms with Crippen molar-refractivity contribution in [1.82, 2.24) is 9.97 Å². The lowest BCUT2D eigenvalue weighted by Gasteiger charge is -1.95. The van der Waals surface area contributed by atoms with Crippen molar-refractivity contribution in [3.8, 4) is 0 Å². The Labute approximate surface area is 127 Å². The SMILES string of the molecule is C/C(N)=C\c1[nH]c2cc3c(cc2c1C)[nH]c1cc(N)ccc13. The van der Waals surface area contributed by atoms with Crippen LogP contribution in [0.25, 0.3) is 38.8 Å². The minimum absolute atomic E-state index is 0.770. The van der Waals surface area contributed by atoms with Gasteiger partial charge in [0.25, 0.3) is 0 Å². The highest BCUT2D eigenvalue weighted by Crippen LogP contribution is 2.32. The molecule has 0 aliphatic heterocycles. The molecule has 0 unspecified atom stereocenters. The van der Waals surface area contributed by atoms with E-state index < -0.39 is 0 Å². The van der Waals surface area contributed by atoms with Crippen molar-refractivity contribution in [2.45, 2.75) is 13.8 Å². The normalized spacial score (nSPS) is 12.7. The average molecular weight is 290 g/mol. The Balaban J connectivity index is 2.08. The Kier molecular flexibility index (Phi) is 2.51. The zero-order chi connectivity index (χ0) is 15.4.